The summed E-state index contributed by atoms with van der Waals surface area (Å²) in [5.41, 5.74) is 0.370. The molecule has 0 saturated carbocycles. The Bertz CT molecular complexity index is 780. The lowest BCUT2D eigenvalue weighted by atomic mass is 10.1. The van der Waals surface area contributed by atoms with Crippen LogP contribution in [0.15, 0.2) is 45.6 Å². The third kappa shape index (κ3) is 2.76. The van der Waals surface area contributed by atoms with Gasteiger partial charge in [0.1, 0.15) is 5.69 Å². The molecule has 2 amide bonds. The van der Waals surface area contributed by atoms with E-state index >= 15 is 0 Å². The molecule has 22 heavy (non-hydrogen) atoms. The van der Waals surface area contributed by atoms with Crippen LogP contribution in [0.25, 0.3) is 0 Å². The molecule has 0 saturated heterocycles. The number of fused-ring (bicyclic) bond motifs is 1. The highest BCUT2D eigenvalue weighted by Crippen LogP contribution is 2.16. The Morgan fingerprint density at radius 3 is 2.73 bits per heavy atom. The first-order chi connectivity index (χ1) is 10.6. The van der Waals surface area contributed by atoms with Crippen LogP contribution in [0.2, 0.25) is 0 Å². The molecule has 0 bridgehead atoms. The molecule has 1 aliphatic heterocycles. The van der Waals surface area contributed by atoms with Crippen molar-refractivity contribution in [1.29, 1.82) is 0 Å². The molecule has 0 unspecified atom stereocenters. The number of amides is 2. The lowest BCUT2D eigenvalue weighted by molar-refractivity contribution is 0.0924. The molecule has 2 N–H and O–H groups in total. The summed E-state index contributed by atoms with van der Waals surface area (Å²) >= 11 is 0. The topological polar surface area (TPSA) is 88.4 Å². The highest BCUT2D eigenvalue weighted by Gasteiger charge is 2.21. The average Bonchev–Trinajstić information content (AvgIpc) is 2.71. The van der Waals surface area contributed by atoms with Crippen molar-refractivity contribution in [2.24, 2.45) is 0 Å². The molecule has 6 heteroatoms. The van der Waals surface area contributed by atoms with Crippen LogP contribution in [0, 0.1) is 0 Å². The third-order valence-corrected chi connectivity index (χ3v) is 3.42. The maximum Gasteiger partial charge on any atom is 0.360 e. The molecule has 0 radical (unpaired) electrons. The van der Waals surface area contributed by atoms with E-state index in [2.05, 4.69) is 10.6 Å². The number of carbonyl (C=O) groups excluding carboxylic acids is 2. The van der Waals surface area contributed by atoms with Crippen molar-refractivity contribution >= 4 is 17.5 Å². The molecule has 0 spiro atoms. The average molecular weight is 298 g/mol. The molecule has 2 aromatic rings. The van der Waals surface area contributed by atoms with E-state index in [1.54, 1.807) is 30.3 Å². The standard InChI is InChI=1S/C16H14N2O4/c19-14(10-5-2-1-3-6-10)18-12-9-11-7-4-8-17-15(20)13(11)22-16(12)21/h1-3,5-6,9H,4,7-8H2,(H,17,20)(H,18,19). The Morgan fingerprint density at radius 1 is 1.18 bits per heavy atom. The Kier molecular flexibility index (Phi) is 3.74. The Balaban J connectivity index is 1.92. The molecule has 0 atom stereocenters. The van der Waals surface area contributed by atoms with Crippen molar-refractivity contribution in [1.82, 2.24) is 5.32 Å². The van der Waals surface area contributed by atoms with Crippen LogP contribution in [-0.4, -0.2) is 18.4 Å². The van der Waals surface area contributed by atoms with Crippen molar-refractivity contribution in [3.05, 3.63) is 63.7 Å². The molecule has 1 aromatic heterocycles. The predicted octanol–water partition coefficient (Wildman–Crippen LogP) is 1.57. The van der Waals surface area contributed by atoms with E-state index in [0.717, 1.165) is 6.42 Å². The van der Waals surface area contributed by atoms with E-state index in [4.69, 9.17) is 4.42 Å². The smallest absolute Gasteiger partial charge is 0.360 e. The maximum absolute atomic E-state index is 12.1. The van der Waals surface area contributed by atoms with Crippen LogP contribution < -0.4 is 16.3 Å². The summed E-state index contributed by atoms with van der Waals surface area (Å²) in [4.78, 5) is 35.8. The molecule has 6 nitrogen and oxygen atoms in total. The largest absolute Gasteiger partial charge is 0.416 e. The van der Waals surface area contributed by atoms with Gasteiger partial charge in [-0.1, -0.05) is 18.2 Å². The molecule has 0 fully saturated rings. The Hall–Kier alpha value is -2.89. The SMILES string of the molecule is O=C(Nc1cc2c(oc1=O)C(=O)NCCC2)c1ccccc1. The number of carbonyl (C=O) groups is 2. The minimum Gasteiger partial charge on any atom is -0.416 e. The zero-order valence-electron chi connectivity index (χ0n) is 11.7. The molecule has 3 rings (SSSR count). The summed E-state index contributed by atoms with van der Waals surface area (Å²) < 4.78 is 5.08. The van der Waals surface area contributed by atoms with Gasteiger partial charge in [-0.3, -0.25) is 9.59 Å². The highest BCUT2D eigenvalue weighted by molar-refractivity contribution is 6.04. The van der Waals surface area contributed by atoms with Crippen LogP contribution in [0.1, 0.15) is 32.9 Å². The summed E-state index contributed by atoms with van der Waals surface area (Å²) in [6, 6.07) is 10.1. The van der Waals surface area contributed by atoms with Crippen LogP contribution >= 0.6 is 0 Å². The third-order valence-electron chi connectivity index (χ3n) is 3.42. The Labute approximate surface area is 126 Å². The van der Waals surface area contributed by atoms with Gasteiger partial charge in [-0.05, 0) is 31.0 Å². The fraction of sp³-hybridized carbons (Fsp3) is 0.188. The van der Waals surface area contributed by atoms with Crippen molar-refractivity contribution < 1.29 is 14.0 Å². The second-order valence-electron chi connectivity index (χ2n) is 4.98. The van der Waals surface area contributed by atoms with Gasteiger partial charge in [0.25, 0.3) is 11.8 Å². The van der Waals surface area contributed by atoms with Crippen molar-refractivity contribution in [2.75, 3.05) is 11.9 Å². The van der Waals surface area contributed by atoms with Crippen LogP contribution in [-0.2, 0) is 6.42 Å². The van der Waals surface area contributed by atoms with Gasteiger partial charge in [0, 0.05) is 17.7 Å². The van der Waals surface area contributed by atoms with E-state index in [-0.39, 0.29) is 11.4 Å². The van der Waals surface area contributed by atoms with Gasteiger partial charge in [0.15, 0.2) is 5.76 Å². The predicted molar refractivity (Wildman–Crippen MR) is 80.0 cm³/mol. The fourth-order valence-electron chi connectivity index (χ4n) is 2.32. The van der Waals surface area contributed by atoms with Crippen molar-refractivity contribution in [2.45, 2.75) is 12.8 Å². The van der Waals surface area contributed by atoms with E-state index in [1.165, 1.54) is 6.07 Å². The van der Waals surface area contributed by atoms with Gasteiger partial charge in [-0.25, -0.2) is 4.79 Å². The van der Waals surface area contributed by atoms with Gasteiger partial charge in [0.05, 0.1) is 0 Å². The number of hydrogen-bond acceptors (Lipinski definition) is 4. The lowest BCUT2D eigenvalue weighted by Gasteiger charge is -2.07. The van der Waals surface area contributed by atoms with E-state index < -0.39 is 17.4 Å². The number of aryl methyl sites for hydroxylation is 1. The second-order valence-corrected chi connectivity index (χ2v) is 4.98. The molecule has 112 valence electrons. The van der Waals surface area contributed by atoms with Gasteiger partial charge < -0.3 is 15.1 Å². The summed E-state index contributed by atoms with van der Waals surface area (Å²) in [7, 11) is 0. The highest BCUT2D eigenvalue weighted by atomic mass is 16.4. The number of anilines is 1. The summed E-state index contributed by atoms with van der Waals surface area (Å²) in [5, 5.41) is 5.19. The summed E-state index contributed by atoms with van der Waals surface area (Å²) in [6.07, 6.45) is 1.35. The second kappa shape index (κ2) is 5.85. The van der Waals surface area contributed by atoms with Crippen molar-refractivity contribution in [3.63, 3.8) is 0 Å². The zero-order valence-corrected chi connectivity index (χ0v) is 11.7. The van der Waals surface area contributed by atoms with E-state index in [0.29, 0.717) is 24.1 Å². The number of nitrogens with one attached hydrogen (secondary N) is 2. The van der Waals surface area contributed by atoms with Gasteiger partial charge >= 0.3 is 5.63 Å². The maximum atomic E-state index is 12.1. The van der Waals surface area contributed by atoms with Crippen LogP contribution in [0.4, 0.5) is 5.69 Å². The molecule has 2 heterocycles. The minimum absolute atomic E-state index is 0.0280. The quantitative estimate of drug-likeness (QED) is 0.880. The van der Waals surface area contributed by atoms with Gasteiger partial charge in [0.2, 0.25) is 0 Å². The lowest BCUT2D eigenvalue weighted by Crippen LogP contribution is -2.25. The zero-order chi connectivity index (χ0) is 15.5. The first-order valence-electron chi connectivity index (χ1n) is 6.97. The molecular formula is C16H14N2O4. The number of benzene rings is 1. The first-order valence-corrected chi connectivity index (χ1v) is 6.97. The van der Waals surface area contributed by atoms with E-state index in [9.17, 15) is 14.4 Å². The minimum atomic E-state index is -0.736. The first kappa shape index (κ1) is 14.1. The Morgan fingerprint density at radius 2 is 1.95 bits per heavy atom. The van der Waals surface area contributed by atoms with E-state index in [1.807, 2.05) is 0 Å². The monoisotopic (exact) mass is 298 g/mol. The fourth-order valence-corrected chi connectivity index (χ4v) is 2.32. The van der Waals surface area contributed by atoms with Crippen molar-refractivity contribution in [3.8, 4) is 0 Å². The van der Waals surface area contributed by atoms with Gasteiger partial charge in [-0.2, -0.15) is 0 Å². The number of hydrogen-bond donors (Lipinski definition) is 2. The summed E-state index contributed by atoms with van der Waals surface area (Å²) in [6.45, 7) is 0.531. The van der Waals surface area contributed by atoms with Crippen LogP contribution in [0.5, 0.6) is 0 Å². The molecule has 0 aliphatic carbocycles. The van der Waals surface area contributed by atoms with Gasteiger partial charge in [-0.15, -0.1) is 0 Å². The molecular weight excluding hydrogens is 284 g/mol. The normalized spacial score (nSPS) is 13.7. The summed E-state index contributed by atoms with van der Waals surface area (Å²) in [5.74, 6) is -0.767. The molecule has 1 aliphatic rings. The van der Waals surface area contributed by atoms with Crippen LogP contribution in [0.3, 0.4) is 0 Å². The number of rotatable bonds is 2. The molecule has 1 aromatic carbocycles.